The minimum atomic E-state index is -0.437. The third-order valence-electron chi connectivity index (χ3n) is 3.05. The number of aryl methyl sites for hydroxylation is 1. The highest BCUT2D eigenvalue weighted by Gasteiger charge is 2.06. The van der Waals surface area contributed by atoms with Crippen LogP contribution in [-0.2, 0) is 6.42 Å². The van der Waals surface area contributed by atoms with Crippen LogP contribution in [0.25, 0.3) is 0 Å². The summed E-state index contributed by atoms with van der Waals surface area (Å²) < 4.78 is 0. The number of pyridine rings is 1. The van der Waals surface area contributed by atoms with E-state index in [0.717, 1.165) is 25.0 Å². The maximum absolute atomic E-state index is 11.9. The minimum absolute atomic E-state index is 0.240. The quantitative estimate of drug-likeness (QED) is 0.788. The summed E-state index contributed by atoms with van der Waals surface area (Å²) in [7, 11) is 0. The molecule has 0 radical (unpaired) electrons. The van der Waals surface area contributed by atoms with E-state index in [0.29, 0.717) is 5.69 Å². The van der Waals surface area contributed by atoms with Gasteiger partial charge in [0.05, 0.1) is 0 Å². The van der Waals surface area contributed by atoms with E-state index in [1.807, 2.05) is 24.3 Å². The number of nitrogens with one attached hydrogen (secondary N) is 3. The van der Waals surface area contributed by atoms with Gasteiger partial charge in [0.25, 0.3) is 5.56 Å². The van der Waals surface area contributed by atoms with Crippen molar-refractivity contribution in [2.45, 2.75) is 26.2 Å². The van der Waals surface area contributed by atoms with Crippen molar-refractivity contribution in [3.63, 3.8) is 0 Å². The van der Waals surface area contributed by atoms with Crippen LogP contribution in [0, 0.1) is 0 Å². The van der Waals surface area contributed by atoms with Gasteiger partial charge in [-0.05, 0) is 37.1 Å². The van der Waals surface area contributed by atoms with Crippen LogP contribution < -0.4 is 16.2 Å². The molecule has 110 valence electrons. The molecule has 0 unspecified atom stereocenters. The Labute approximate surface area is 123 Å². The van der Waals surface area contributed by atoms with E-state index in [1.165, 1.54) is 0 Å². The molecule has 0 saturated carbocycles. The fourth-order valence-corrected chi connectivity index (χ4v) is 1.93. The highest BCUT2D eigenvalue weighted by molar-refractivity contribution is 5.99. The Balaban J connectivity index is 1.99. The zero-order valence-corrected chi connectivity index (χ0v) is 12.0. The first kappa shape index (κ1) is 14.8. The van der Waals surface area contributed by atoms with E-state index in [-0.39, 0.29) is 11.2 Å². The number of rotatable bonds is 5. The first-order chi connectivity index (χ1) is 10.2. The molecule has 2 amide bonds. The first-order valence-corrected chi connectivity index (χ1v) is 7.04. The molecule has 0 aliphatic heterocycles. The predicted molar refractivity (Wildman–Crippen MR) is 84.8 cm³/mol. The Kier molecular flexibility index (Phi) is 5.15. The van der Waals surface area contributed by atoms with Gasteiger partial charge in [-0.3, -0.25) is 4.79 Å². The first-order valence-electron chi connectivity index (χ1n) is 7.04. The average molecular weight is 285 g/mol. The van der Waals surface area contributed by atoms with Gasteiger partial charge in [-0.15, -0.1) is 0 Å². The lowest BCUT2D eigenvalue weighted by atomic mass is 10.2. The number of urea groups is 1. The van der Waals surface area contributed by atoms with Gasteiger partial charge in [-0.1, -0.05) is 31.5 Å². The Bertz CT molecular complexity index is 650. The molecule has 0 aliphatic carbocycles. The number of hydrogen-bond donors (Lipinski definition) is 3. The maximum Gasteiger partial charge on any atom is 0.323 e. The maximum atomic E-state index is 11.9. The van der Waals surface area contributed by atoms with E-state index in [4.69, 9.17) is 0 Å². The smallest absolute Gasteiger partial charge is 0.323 e. The molecule has 0 spiro atoms. The number of aromatic nitrogens is 1. The van der Waals surface area contributed by atoms with E-state index in [2.05, 4.69) is 22.5 Å². The van der Waals surface area contributed by atoms with Crippen LogP contribution in [0.4, 0.5) is 16.2 Å². The molecule has 0 aliphatic rings. The van der Waals surface area contributed by atoms with Crippen molar-refractivity contribution in [3.8, 4) is 0 Å². The SMILES string of the molecule is CCCCc1ccc(NC(=O)Nc2ccccc2)c(=O)[nH]1. The largest absolute Gasteiger partial charge is 0.324 e. The van der Waals surface area contributed by atoms with Gasteiger partial charge in [-0.25, -0.2) is 4.79 Å². The van der Waals surface area contributed by atoms with Crippen molar-refractivity contribution in [2.24, 2.45) is 0 Å². The van der Waals surface area contributed by atoms with E-state index < -0.39 is 6.03 Å². The molecule has 0 fully saturated rings. The van der Waals surface area contributed by atoms with Gasteiger partial charge in [0.2, 0.25) is 0 Å². The molecule has 2 rings (SSSR count). The highest BCUT2D eigenvalue weighted by Crippen LogP contribution is 2.07. The lowest BCUT2D eigenvalue weighted by Gasteiger charge is -2.07. The summed E-state index contributed by atoms with van der Waals surface area (Å²) in [6.07, 6.45) is 2.93. The number of benzene rings is 1. The van der Waals surface area contributed by atoms with Crippen LogP contribution in [0.2, 0.25) is 0 Å². The summed E-state index contributed by atoms with van der Waals surface area (Å²) in [6, 6.07) is 12.1. The summed E-state index contributed by atoms with van der Waals surface area (Å²) >= 11 is 0. The molecule has 1 aromatic heterocycles. The summed E-state index contributed by atoms with van der Waals surface area (Å²) in [4.78, 5) is 26.5. The van der Waals surface area contributed by atoms with E-state index in [9.17, 15) is 9.59 Å². The number of aromatic amines is 1. The van der Waals surface area contributed by atoms with Crippen molar-refractivity contribution >= 4 is 17.4 Å². The lowest BCUT2D eigenvalue weighted by molar-refractivity contribution is 0.262. The van der Waals surface area contributed by atoms with Crippen LogP contribution in [0.3, 0.4) is 0 Å². The van der Waals surface area contributed by atoms with Crippen LogP contribution in [-0.4, -0.2) is 11.0 Å². The zero-order valence-electron chi connectivity index (χ0n) is 12.0. The van der Waals surface area contributed by atoms with Crippen molar-refractivity contribution < 1.29 is 4.79 Å². The zero-order chi connectivity index (χ0) is 15.1. The second-order valence-electron chi connectivity index (χ2n) is 4.78. The van der Waals surface area contributed by atoms with Gasteiger partial charge in [0.1, 0.15) is 5.69 Å². The molecule has 2 aromatic rings. The number of anilines is 2. The second kappa shape index (κ2) is 7.28. The topological polar surface area (TPSA) is 74.0 Å². The molecule has 0 bridgehead atoms. The van der Waals surface area contributed by atoms with Crippen molar-refractivity contribution in [1.82, 2.24) is 4.98 Å². The van der Waals surface area contributed by atoms with Crippen molar-refractivity contribution in [3.05, 3.63) is 58.5 Å². The monoisotopic (exact) mass is 285 g/mol. The second-order valence-corrected chi connectivity index (χ2v) is 4.78. The van der Waals surface area contributed by atoms with Crippen LogP contribution in [0.5, 0.6) is 0 Å². The van der Waals surface area contributed by atoms with Gasteiger partial charge in [0.15, 0.2) is 0 Å². The van der Waals surface area contributed by atoms with Gasteiger partial charge >= 0.3 is 6.03 Å². The molecule has 1 heterocycles. The summed E-state index contributed by atoms with van der Waals surface area (Å²) in [6.45, 7) is 2.10. The Hall–Kier alpha value is -2.56. The minimum Gasteiger partial charge on any atom is -0.324 e. The average Bonchev–Trinajstić information content (AvgIpc) is 2.48. The Morgan fingerprint density at radius 2 is 1.86 bits per heavy atom. The molecule has 0 atom stereocenters. The van der Waals surface area contributed by atoms with E-state index in [1.54, 1.807) is 18.2 Å². The molecular formula is C16H19N3O2. The standard InChI is InChI=1S/C16H19N3O2/c1-2-3-7-13-10-11-14(15(20)17-13)19-16(21)18-12-8-5-4-6-9-12/h4-6,8-11H,2-3,7H2,1H3,(H,17,20)(H2,18,19,21). The fourth-order valence-electron chi connectivity index (χ4n) is 1.93. The van der Waals surface area contributed by atoms with Crippen LogP contribution in [0.1, 0.15) is 25.5 Å². The summed E-state index contributed by atoms with van der Waals surface area (Å²) in [5.41, 5.74) is 1.51. The Morgan fingerprint density at radius 1 is 1.10 bits per heavy atom. The third-order valence-corrected chi connectivity index (χ3v) is 3.05. The van der Waals surface area contributed by atoms with Crippen molar-refractivity contribution in [1.29, 1.82) is 0 Å². The summed E-state index contributed by atoms with van der Waals surface area (Å²) in [5.74, 6) is 0. The molecule has 0 saturated heterocycles. The van der Waals surface area contributed by atoms with Crippen LogP contribution >= 0.6 is 0 Å². The fraction of sp³-hybridized carbons (Fsp3) is 0.250. The number of carbonyl (C=O) groups is 1. The van der Waals surface area contributed by atoms with Crippen LogP contribution in [0.15, 0.2) is 47.3 Å². The normalized spacial score (nSPS) is 10.1. The molecule has 3 N–H and O–H groups in total. The lowest BCUT2D eigenvalue weighted by Crippen LogP contribution is -2.24. The van der Waals surface area contributed by atoms with E-state index >= 15 is 0 Å². The summed E-state index contributed by atoms with van der Waals surface area (Å²) in [5, 5.41) is 5.21. The highest BCUT2D eigenvalue weighted by atomic mass is 16.2. The number of para-hydroxylation sites is 1. The number of hydrogen-bond acceptors (Lipinski definition) is 2. The van der Waals surface area contributed by atoms with Gasteiger partial charge in [-0.2, -0.15) is 0 Å². The third kappa shape index (κ3) is 4.49. The molecule has 5 heteroatoms. The Morgan fingerprint density at radius 3 is 2.52 bits per heavy atom. The molecule has 5 nitrogen and oxygen atoms in total. The number of unbranched alkanes of at least 4 members (excludes halogenated alkanes) is 1. The molecule has 21 heavy (non-hydrogen) atoms. The van der Waals surface area contributed by atoms with Gasteiger partial charge < -0.3 is 15.6 Å². The van der Waals surface area contributed by atoms with Gasteiger partial charge in [0, 0.05) is 11.4 Å². The number of H-pyrrole nitrogens is 1. The predicted octanol–water partition coefficient (Wildman–Crippen LogP) is 3.36. The van der Waals surface area contributed by atoms with Crippen molar-refractivity contribution in [2.75, 3.05) is 10.6 Å². The number of amides is 2. The molecular weight excluding hydrogens is 266 g/mol. The molecule has 1 aromatic carbocycles. The number of carbonyl (C=O) groups excluding carboxylic acids is 1.